The van der Waals surface area contributed by atoms with E-state index in [1.807, 2.05) is 35.2 Å². The van der Waals surface area contributed by atoms with Crippen LogP contribution in [0.2, 0.25) is 0 Å². The van der Waals surface area contributed by atoms with Gasteiger partial charge in [-0.3, -0.25) is 9.59 Å². The normalized spacial score (nSPS) is 16.0. The smallest absolute Gasteiger partial charge is 0.304 e. The minimum Gasteiger partial charge on any atom is -0.481 e. The predicted octanol–water partition coefficient (Wildman–Crippen LogP) is 3.96. The van der Waals surface area contributed by atoms with Gasteiger partial charge in [0.05, 0.1) is 18.2 Å². The Morgan fingerprint density at radius 2 is 2.16 bits per heavy atom. The first kappa shape index (κ1) is 17.7. The zero-order valence-corrected chi connectivity index (χ0v) is 15.1. The van der Waals surface area contributed by atoms with Gasteiger partial charge < -0.3 is 10.4 Å². The Balaban J connectivity index is 1.70. The molecular formula is C18H23N3O3S. The number of aliphatic carboxylic acids is 1. The van der Waals surface area contributed by atoms with Gasteiger partial charge in [-0.15, -0.1) is 11.3 Å². The highest BCUT2D eigenvalue weighted by atomic mass is 32.1. The first-order chi connectivity index (χ1) is 12.0. The number of carbonyl (C=O) groups excluding carboxylic acids is 1. The molecule has 0 radical (unpaired) electrons. The Hall–Kier alpha value is -2.15. The first-order valence-electron chi connectivity index (χ1n) is 8.64. The molecule has 0 bridgehead atoms. The maximum atomic E-state index is 12.5. The Morgan fingerprint density at radius 1 is 1.40 bits per heavy atom. The second-order valence-electron chi connectivity index (χ2n) is 6.62. The molecule has 2 aromatic heterocycles. The minimum atomic E-state index is -0.891. The second kappa shape index (κ2) is 7.82. The van der Waals surface area contributed by atoms with Crippen LogP contribution >= 0.6 is 11.3 Å². The summed E-state index contributed by atoms with van der Waals surface area (Å²) in [5.74, 6) is -0.645. The molecule has 25 heavy (non-hydrogen) atoms. The highest BCUT2D eigenvalue weighted by Crippen LogP contribution is 2.32. The number of thiophene rings is 1. The van der Waals surface area contributed by atoms with Gasteiger partial charge in [0, 0.05) is 23.3 Å². The number of anilines is 1. The number of nitrogens with zero attached hydrogens (tertiary/aromatic N) is 2. The number of carboxylic acids is 1. The fourth-order valence-corrected chi connectivity index (χ4v) is 4.29. The highest BCUT2D eigenvalue weighted by molar-refractivity contribution is 7.10. The van der Waals surface area contributed by atoms with Crippen LogP contribution in [0.5, 0.6) is 0 Å². The van der Waals surface area contributed by atoms with E-state index in [0.717, 1.165) is 29.2 Å². The standard InChI is InChI=1S/C18H23N3O3S/c1-12-9-16(21(20-12)14-5-2-3-6-14)19-17(22)10-13(11-18(23)24)15-7-4-8-25-15/h4,7-9,13-14H,2-3,5-6,10-11H2,1H3,(H,19,22)(H,23,24). The van der Waals surface area contributed by atoms with Crippen molar-refractivity contribution in [2.45, 2.75) is 57.4 Å². The van der Waals surface area contributed by atoms with Crippen LogP contribution in [0.4, 0.5) is 5.82 Å². The summed E-state index contributed by atoms with van der Waals surface area (Å²) in [5, 5.41) is 18.5. The lowest BCUT2D eigenvalue weighted by Crippen LogP contribution is -2.20. The van der Waals surface area contributed by atoms with Crippen molar-refractivity contribution in [3.05, 3.63) is 34.2 Å². The number of carbonyl (C=O) groups is 2. The van der Waals surface area contributed by atoms with Crippen molar-refractivity contribution < 1.29 is 14.7 Å². The molecule has 0 saturated heterocycles. The summed E-state index contributed by atoms with van der Waals surface area (Å²) in [6, 6.07) is 5.99. The topological polar surface area (TPSA) is 84.2 Å². The van der Waals surface area contributed by atoms with E-state index in [-0.39, 0.29) is 24.7 Å². The van der Waals surface area contributed by atoms with Crippen LogP contribution in [0.3, 0.4) is 0 Å². The molecular weight excluding hydrogens is 338 g/mol. The number of aromatic nitrogens is 2. The molecule has 1 atom stereocenters. The maximum absolute atomic E-state index is 12.5. The number of nitrogens with one attached hydrogen (secondary N) is 1. The lowest BCUT2D eigenvalue weighted by atomic mass is 9.99. The number of aryl methyl sites for hydroxylation is 1. The predicted molar refractivity (Wildman–Crippen MR) is 97.0 cm³/mol. The summed E-state index contributed by atoms with van der Waals surface area (Å²) in [5.41, 5.74) is 0.877. The third kappa shape index (κ3) is 4.48. The van der Waals surface area contributed by atoms with Crippen LogP contribution in [0.25, 0.3) is 0 Å². The van der Waals surface area contributed by atoms with Crippen LogP contribution in [0.15, 0.2) is 23.6 Å². The summed E-state index contributed by atoms with van der Waals surface area (Å²) in [4.78, 5) is 24.6. The summed E-state index contributed by atoms with van der Waals surface area (Å²) in [6.07, 6.45) is 4.66. The van der Waals surface area contributed by atoms with E-state index in [9.17, 15) is 9.59 Å². The monoisotopic (exact) mass is 361 g/mol. The van der Waals surface area contributed by atoms with Crippen LogP contribution in [0.1, 0.15) is 61.1 Å². The van der Waals surface area contributed by atoms with E-state index < -0.39 is 5.97 Å². The van der Waals surface area contributed by atoms with Gasteiger partial charge in [0.1, 0.15) is 5.82 Å². The Bertz CT molecular complexity index is 733. The molecule has 0 spiro atoms. The summed E-state index contributed by atoms with van der Waals surface area (Å²) in [6.45, 7) is 1.92. The summed E-state index contributed by atoms with van der Waals surface area (Å²) < 4.78 is 1.93. The summed E-state index contributed by atoms with van der Waals surface area (Å²) in [7, 11) is 0. The van der Waals surface area contributed by atoms with Crippen molar-refractivity contribution in [3.63, 3.8) is 0 Å². The molecule has 3 rings (SSSR count). The van der Waals surface area contributed by atoms with Gasteiger partial charge in [-0.2, -0.15) is 5.10 Å². The van der Waals surface area contributed by atoms with Crippen molar-refractivity contribution in [2.24, 2.45) is 0 Å². The van der Waals surface area contributed by atoms with Crippen molar-refractivity contribution >= 4 is 29.0 Å². The molecule has 1 aliphatic rings. The van der Waals surface area contributed by atoms with E-state index in [2.05, 4.69) is 10.4 Å². The second-order valence-corrected chi connectivity index (χ2v) is 7.60. The third-order valence-corrected chi connectivity index (χ3v) is 5.63. The largest absolute Gasteiger partial charge is 0.481 e. The number of amides is 1. The molecule has 1 unspecified atom stereocenters. The fourth-order valence-electron chi connectivity index (χ4n) is 3.46. The molecule has 0 aliphatic heterocycles. The molecule has 1 aliphatic carbocycles. The van der Waals surface area contributed by atoms with E-state index in [1.165, 1.54) is 24.2 Å². The van der Waals surface area contributed by atoms with Crippen molar-refractivity contribution in [2.75, 3.05) is 5.32 Å². The molecule has 1 saturated carbocycles. The Kier molecular flexibility index (Phi) is 5.53. The van der Waals surface area contributed by atoms with Gasteiger partial charge in [-0.25, -0.2) is 4.68 Å². The highest BCUT2D eigenvalue weighted by Gasteiger charge is 2.24. The third-order valence-electron chi connectivity index (χ3n) is 4.59. The summed E-state index contributed by atoms with van der Waals surface area (Å²) >= 11 is 1.49. The van der Waals surface area contributed by atoms with E-state index in [4.69, 9.17) is 5.11 Å². The van der Waals surface area contributed by atoms with Crippen LogP contribution in [-0.2, 0) is 9.59 Å². The van der Waals surface area contributed by atoms with Crippen LogP contribution in [-0.4, -0.2) is 26.8 Å². The van der Waals surface area contributed by atoms with Crippen molar-refractivity contribution in [3.8, 4) is 0 Å². The molecule has 7 heteroatoms. The van der Waals surface area contributed by atoms with Crippen molar-refractivity contribution in [1.82, 2.24) is 9.78 Å². The number of hydrogen-bond acceptors (Lipinski definition) is 4. The first-order valence-corrected chi connectivity index (χ1v) is 9.52. The van der Waals surface area contributed by atoms with Gasteiger partial charge in [0.15, 0.2) is 0 Å². The van der Waals surface area contributed by atoms with Crippen molar-refractivity contribution in [1.29, 1.82) is 0 Å². The van der Waals surface area contributed by atoms with Gasteiger partial charge in [-0.1, -0.05) is 18.9 Å². The van der Waals surface area contributed by atoms with Gasteiger partial charge in [0.2, 0.25) is 5.91 Å². The Labute approximate surface area is 150 Å². The van der Waals surface area contributed by atoms with Gasteiger partial charge in [-0.05, 0) is 31.2 Å². The number of carboxylic acid groups (broad SMARTS) is 1. The van der Waals surface area contributed by atoms with Gasteiger partial charge >= 0.3 is 5.97 Å². The lowest BCUT2D eigenvalue weighted by molar-refractivity contribution is -0.137. The van der Waals surface area contributed by atoms with E-state index >= 15 is 0 Å². The Morgan fingerprint density at radius 3 is 2.80 bits per heavy atom. The quantitative estimate of drug-likeness (QED) is 0.782. The number of hydrogen-bond donors (Lipinski definition) is 2. The fraction of sp³-hybridized carbons (Fsp3) is 0.500. The zero-order valence-electron chi connectivity index (χ0n) is 14.3. The average Bonchev–Trinajstić information content (AvgIpc) is 3.27. The molecule has 1 fully saturated rings. The van der Waals surface area contributed by atoms with Gasteiger partial charge in [0.25, 0.3) is 0 Å². The van der Waals surface area contributed by atoms with E-state index in [1.54, 1.807) is 0 Å². The molecule has 2 aromatic rings. The lowest BCUT2D eigenvalue weighted by Gasteiger charge is -2.16. The van der Waals surface area contributed by atoms with Crippen LogP contribution < -0.4 is 5.32 Å². The molecule has 6 nitrogen and oxygen atoms in total. The van der Waals surface area contributed by atoms with E-state index in [0.29, 0.717) is 6.04 Å². The molecule has 0 aromatic carbocycles. The molecule has 134 valence electrons. The number of rotatable bonds is 7. The molecule has 2 heterocycles. The SMILES string of the molecule is Cc1cc(NC(=O)CC(CC(=O)O)c2cccs2)n(C2CCCC2)n1. The minimum absolute atomic E-state index is 0.0468. The zero-order chi connectivity index (χ0) is 17.8. The average molecular weight is 361 g/mol. The molecule has 2 N–H and O–H groups in total. The maximum Gasteiger partial charge on any atom is 0.304 e. The van der Waals surface area contributed by atoms with Crippen LogP contribution in [0, 0.1) is 6.92 Å². The molecule has 1 amide bonds.